The number of hydrogen-bond donors (Lipinski definition) is 1. The highest BCUT2D eigenvalue weighted by molar-refractivity contribution is 5.81. The Balaban J connectivity index is 1.47. The van der Waals surface area contributed by atoms with Gasteiger partial charge in [0.1, 0.15) is 12.4 Å². The lowest BCUT2D eigenvalue weighted by molar-refractivity contribution is -0.149. The summed E-state index contributed by atoms with van der Waals surface area (Å²) >= 11 is 0. The van der Waals surface area contributed by atoms with Gasteiger partial charge in [0, 0.05) is 13.0 Å². The summed E-state index contributed by atoms with van der Waals surface area (Å²) in [4.78, 5) is 11.3. The Kier molecular flexibility index (Phi) is 8.68. The molecule has 0 saturated carbocycles. The van der Waals surface area contributed by atoms with Gasteiger partial charge in [-0.15, -0.1) is 0 Å². The molecule has 4 heteroatoms. The number of rotatable bonds is 11. The Morgan fingerprint density at radius 3 is 1.97 bits per heavy atom. The van der Waals surface area contributed by atoms with Crippen molar-refractivity contribution in [3.05, 3.63) is 132 Å². The largest absolute Gasteiger partial charge is 0.490 e. The van der Waals surface area contributed by atoms with Gasteiger partial charge in [-0.1, -0.05) is 97.1 Å². The molecule has 0 aliphatic carbocycles. The van der Waals surface area contributed by atoms with E-state index >= 15 is 0 Å². The van der Waals surface area contributed by atoms with E-state index in [9.17, 15) is 9.90 Å². The van der Waals surface area contributed by atoms with Crippen LogP contribution in [0.1, 0.15) is 23.6 Å². The highest BCUT2D eigenvalue weighted by Gasteiger charge is 2.17. The topological polar surface area (TPSA) is 55.8 Å². The number of carboxylic acids is 1. The molecule has 0 heterocycles. The van der Waals surface area contributed by atoms with Crippen LogP contribution < -0.4 is 4.74 Å². The summed E-state index contributed by atoms with van der Waals surface area (Å²) in [5, 5.41) is 9.29. The van der Waals surface area contributed by atoms with Crippen molar-refractivity contribution < 1.29 is 19.4 Å². The average molecular weight is 479 g/mol. The van der Waals surface area contributed by atoms with Crippen molar-refractivity contribution in [3.63, 3.8) is 0 Å². The summed E-state index contributed by atoms with van der Waals surface area (Å²) < 4.78 is 11.3. The summed E-state index contributed by atoms with van der Waals surface area (Å²) in [5.74, 6) is -0.224. The Hall–Kier alpha value is -4.15. The average Bonchev–Trinajstić information content (AvgIpc) is 2.93. The van der Waals surface area contributed by atoms with Gasteiger partial charge in [0.05, 0.1) is 0 Å². The third-order valence-electron chi connectivity index (χ3n) is 5.91. The molecule has 1 atom stereocenters. The molecule has 0 bridgehead atoms. The van der Waals surface area contributed by atoms with Crippen molar-refractivity contribution >= 4 is 11.5 Å². The van der Waals surface area contributed by atoms with Crippen LogP contribution in [-0.2, 0) is 16.0 Å². The van der Waals surface area contributed by atoms with Gasteiger partial charge >= 0.3 is 5.97 Å². The highest BCUT2D eigenvalue weighted by atomic mass is 16.5. The van der Waals surface area contributed by atoms with E-state index < -0.39 is 12.1 Å². The van der Waals surface area contributed by atoms with Crippen LogP contribution in [0.25, 0.3) is 16.7 Å². The van der Waals surface area contributed by atoms with E-state index in [-0.39, 0.29) is 0 Å². The van der Waals surface area contributed by atoms with Crippen LogP contribution in [0.5, 0.6) is 5.75 Å². The molecule has 0 aliphatic heterocycles. The Bertz CT molecular complexity index is 1260. The first-order valence-electron chi connectivity index (χ1n) is 12.1. The molecule has 4 nitrogen and oxygen atoms in total. The first kappa shape index (κ1) is 25.0. The molecule has 0 fully saturated rings. The molecule has 4 rings (SSSR count). The minimum atomic E-state index is -0.951. The summed E-state index contributed by atoms with van der Waals surface area (Å²) in [6.07, 6.45) is 1.57. The van der Waals surface area contributed by atoms with Gasteiger partial charge in [-0.25, -0.2) is 4.79 Å². The molecule has 0 aromatic heterocycles. The van der Waals surface area contributed by atoms with Crippen molar-refractivity contribution in [1.82, 2.24) is 0 Å². The number of hydrogen-bond acceptors (Lipinski definition) is 3. The van der Waals surface area contributed by atoms with Crippen LogP contribution >= 0.6 is 0 Å². The van der Waals surface area contributed by atoms with Crippen molar-refractivity contribution in [3.8, 4) is 16.9 Å². The van der Waals surface area contributed by atoms with Crippen LogP contribution in [-0.4, -0.2) is 30.4 Å². The second-order valence-corrected chi connectivity index (χ2v) is 8.37. The predicted octanol–water partition coefficient (Wildman–Crippen LogP) is 6.90. The van der Waals surface area contributed by atoms with Crippen molar-refractivity contribution in [2.75, 3.05) is 13.2 Å². The van der Waals surface area contributed by atoms with Crippen molar-refractivity contribution in [2.45, 2.75) is 19.4 Å². The minimum Gasteiger partial charge on any atom is -0.490 e. The van der Waals surface area contributed by atoms with Gasteiger partial charge in [-0.05, 0) is 58.5 Å². The lowest BCUT2D eigenvalue weighted by atomic mass is 9.95. The van der Waals surface area contributed by atoms with E-state index in [1.165, 1.54) is 11.1 Å². The zero-order valence-electron chi connectivity index (χ0n) is 20.3. The molecular weight excluding hydrogens is 448 g/mol. The van der Waals surface area contributed by atoms with Gasteiger partial charge in [-0.3, -0.25) is 0 Å². The first-order chi connectivity index (χ1) is 17.6. The summed E-state index contributed by atoms with van der Waals surface area (Å²) in [6, 6.07) is 36.7. The quantitative estimate of drug-likeness (QED) is 0.255. The van der Waals surface area contributed by atoms with Crippen LogP contribution in [0.3, 0.4) is 0 Å². The molecule has 4 aromatic rings. The molecule has 0 aliphatic rings. The van der Waals surface area contributed by atoms with Gasteiger partial charge in [0.2, 0.25) is 0 Å². The Labute approximate surface area is 212 Å². The molecule has 0 amide bonds. The molecular formula is C32H30O4. The van der Waals surface area contributed by atoms with Gasteiger partial charge < -0.3 is 14.6 Å². The fourth-order valence-electron chi connectivity index (χ4n) is 4.07. The fraction of sp³-hybridized carbons (Fsp3) is 0.156. The first-order valence-corrected chi connectivity index (χ1v) is 12.1. The maximum atomic E-state index is 11.3. The number of benzene rings is 4. The normalized spacial score (nSPS) is 12.2. The van der Waals surface area contributed by atoms with E-state index in [1.54, 1.807) is 6.92 Å². The zero-order chi connectivity index (χ0) is 25.2. The molecule has 1 N–H and O–H groups in total. The summed E-state index contributed by atoms with van der Waals surface area (Å²) in [6.45, 7) is 2.56. The van der Waals surface area contributed by atoms with Gasteiger partial charge in [-0.2, -0.15) is 0 Å². The monoisotopic (exact) mass is 478 g/mol. The van der Waals surface area contributed by atoms with E-state index in [0.717, 1.165) is 28.0 Å². The van der Waals surface area contributed by atoms with Gasteiger partial charge in [0.15, 0.2) is 6.10 Å². The summed E-state index contributed by atoms with van der Waals surface area (Å²) in [5.41, 5.74) is 6.61. The van der Waals surface area contributed by atoms with Crippen LogP contribution in [0.2, 0.25) is 0 Å². The van der Waals surface area contributed by atoms with Crippen LogP contribution in [0.15, 0.2) is 115 Å². The Morgan fingerprint density at radius 2 is 1.36 bits per heavy atom. The Morgan fingerprint density at radius 1 is 0.778 bits per heavy atom. The molecule has 36 heavy (non-hydrogen) atoms. The lowest BCUT2D eigenvalue weighted by Gasteiger charge is -2.13. The standard InChI is InChI=1S/C32H30O4/c1-2-35-31(32(33)34)23-24-13-19-29(20-14-24)36-22-21-30(27-11-7-4-8-12-27)28-17-15-26(16-18-28)25-9-5-3-6-10-25/h3-21,31H,2,22-23H2,1H3,(H,33,34)/b30-21+. The maximum Gasteiger partial charge on any atom is 0.333 e. The maximum absolute atomic E-state index is 11.3. The van der Waals surface area contributed by atoms with Crippen molar-refractivity contribution in [1.29, 1.82) is 0 Å². The second-order valence-electron chi connectivity index (χ2n) is 8.37. The molecule has 0 spiro atoms. The smallest absolute Gasteiger partial charge is 0.333 e. The van der Waals surface area contributed by atoms with E-state index in [1.807, 2.05) is 60.7 Å². The second kappa shape index (κ2) is 12.5. The van der Waals surface area contributed by atoms with Gasteiger partial charge in [0.25, 0.3) is 0 Å². The third kappa shape index (κ3) is 6.71. The third-order valence-corrected chi connectivity index (χ3v) is 5.91. The van der Waals surface area contributed by atoms with E-state index in [0.29, 0.717) is 19.6 Å². The SMILES string of the molecule is CCOC(Cc1ccc(OC/C=C(\c2ccccc2)c2ccc(-c3ccccc3)cc2)cc1)C(=O)O. The van der Waals surface area contributed by atoms with Crippen LogP contribution in [0, 0.1) is 0 Å². The fourth-order valence-corrected chi connectivity index (χ4v) is 4.07. The lowest BCUT2D eigenvalue weighted by Crippen LogP contribution is -2.26. The summed E-state index contributed by atoms with van der Waals surface area (Å²) in [7, 11) is 0. The molecule has 0 radical (unpaired) electrons. The highest BCUT2D eigenvalue weighted by Crippen LogP contribution is 2.27. The molecule has 1 unspecified atom stereocenters. The predicted molar refractivity (Wildman–Crippen MR) is 144 cm³/mol. The number of carbonyl (C=O) groups is 1. The van der Waals surface area contributed by atoms with Crippen LogP contribution in [0.4, 0.5) is 0 Å². The number of carboxylic acid groups (broad SMARTS) is 1. The van der Waals surface area contributed by atoms with Crippen molar-refractivity contribution in [2.24, 2.45) is 0 Å². The molecule has 182 valence electrons. The molecule has 0 saturated heterocycles. The zero-order valence-corrected chi connectivity index (χ0v) is 20.3. The number of ether oxygens (including phenoxy) is 2. The number of aliphatic carboxylic acids is 1. The van der Waals surface area contributed by atoms with E-state index in [2.05, 4.69) is 54.6 Å². The minimum absolute atomic E-state index is 0.320. The van der Waals surface area contributed by atoms with E-state index in [4.69, 9.17) is 9.47 Å². The molecule has 4 aromatic carbocycles.